The molecule has 1 aromatic carbocycles. The fraction of sp³-hybridized carbons (Fsp3) is 0.182. The molecular weight excluding hydrogens is 242 g/mol. The summed E-state index contributed by atoms with van der Waals surface area (Å²) < 4.78 is 6.28. The van der Waals surface area contributed by atoms with E-state index in [1.54, 1.807) is 7.11 Å². The highest BCUT2D eigenvalue weighted by molar-refractivity contribution is 9.10. The normalized spacial score (nSPS) is 10.5. The van der Waals surface area contributed by atoms with Crippen LogP contribution in [0.15, 0.2) is 29.0 Å². The Kier molecular flexibility index (Phi) is 2.42. The van der Waals surface area contributed by atoms with Crippen molar-refractivity contribution in [2.24, 2.45) is 0 Å². The predicted molar refractivity (Wildman–Crippen MR) is 60.7 cm³/mol. The van der Waals surface area contributed by atoms with Gasteiger partial charge in [-0.1, -0.05) is 6.07 Å². The van der Waals surface area contributed by atoms with Crippen molar-refractivity contribution in [3.63, 3.8) is 0 Å². The number of hydrogen-bond acceptors (Lipinski definition) is 2. The first-order valence-corrected chi connectivity index (χ1v) is 5.10. The van der Waals surface area contributed by atoms with Crippen LogP contribution in [-0.4, -0.2) is 12.1 Å². The van der Waals surface area contributed by atoms with Gasteiger partial charge in [0.05, 0.1) is 11.6 Å². The van der Waals surface area contributed by atoms with E-state index in [0.29, 0.717) is 0 Å². The maximum atomic E-state index is 5.33. The van der Waals surface area contributed by atoms with Gasteiger partial charge in [0.15, 0.2) is 0 Å². The molecule has 0 saturated carbocycles. The van der Waals surface area contributed by atoms with Crippen molar-refractivity contribution < 1.29 is 4.74 Å². The van der Waals surface area contributed by atoms with Crippen molar-refractivity contribution in [2.45, 2.75) is 6.92 Å². The molecule has 0 aliphatic carbocycles. The molecular formula is C11H10BrNO. The Balaban J connectivity index is 2.88. The van der Waals surface area contributed by atoms with Crippen molar-refractivity contribution in [1.82, 2.24) is 4.98 Å². The molecule has 0 aliphatic heterocycles. The second kappa shape index (κ2) is 3.58. The quantitative estimate of drug-likeness (QED) is 0.776. The summed E-state index contributed by atoms with van der Waals surface area (Å²) in [4.78, 5) is 4.16. The van der Waals surface area contributed by atoms with E-state index in [9.17, 15) is 0 Å². The van der Waals surface area contributed by atoms with Crippen LogP contribution in [0.25, 0.3) is 10.8 Å². The fourth-order valence-corrected chi connectivity index (χ4v) is 2.05. The molecule has 0 amide bonds. The molecule has 0 aliphatic rings. The summed E-state index contributed by atoms with van der Waals surface area (Å²) in [5.41, 5.74) is 1.16. The lowest BCUT2D eigenvalue weighted by Crippen LogP contribution is -1.89. The lowest BCUT2D eigenvalue weighted by Gasteiger charge is -2.08. The van der Waals surface area contributed by atoms with Crippen LogP contribution >= 0.6 is 15.9 Å². The minimum atomic E-state index is 0.846. The lowest BCUT2D eigenvalue weighted by molar-refractivity contribution is 0.417. The van der Waals surface area contributed by atoms with Crippen molar-refractivity contribution in [3.05, 3.63) is 34.6 Å². The Morgan fingerprint density at radius 2 is 2.00 bits per heavy atom. The molecule has 2 aromatic rings. The Morgan fingerprint density at radius 1 is 1.21 bits per heavy atom. The zero-order valence-corrected chi connectivity index (χ0v) is 9.63. The molecule has 0 saturated heterocycles. The Bertz CT molecular complexity index is 482. The zero-order chi connectivity index (χ0) is 10.1. The summed E-state index contributed by atoms with van der Waals surface area (Å²) in [6.07, 6.45) is 3.68. The van der Waals surface area contributed by atoms with Crippen LogP contribution < -0.4 is 4.74 Å². The van der Waals surface area contributed by atoms with Crippen LogP contribution in [-0.2, 0) is 0 Å². The molecule has 14 heavy (non-hydrogen) atoms. The van der Waals surface area contributed by atoms with Gasteiger partial charge in [0.2, 0.25) is 0 Å². The van der Waals surface area contributed by atoms with Gasteiger partial charge in [-0.05, 0) is 39.9 Å². The molecule has 72 valence electrons. The number of aromatic nitrogens is 1. The number of hydrogen-bond donors (Lipinski definition) is 0. The first-order valence-electron chi connectivity index (χ1n) is 4.31. The third kappa shape index (κ3) is 1.38. The zero-order valence-electron chi connectivity index (χ0n) is 8.04. The van der Waals surface area contributed by atoms with Crippen LogP contribution in [0.2, 0.25) is 0 Å². The van der Waals surface area contributed by atoms with E-state index in [-0.39, 0.29) is 0 Å². The summed E-state index contributed by atoms with van der Waals surface area (Å²) in [5, 5.41) is 2.22. The summed E-state index contributed by atoms with van der Waals surface area (Å²) in [7, 11) is 1.67. The first kappa shape index (κ1) is 9.46. The minimum Gasteiger partial charge on any atom is -0.495 e. The fourth-order valence-electron chi connectivity index (χ4n) is 1.55. The molecule has 2 nitrogen and oxygen atoms in total. The second-order valence-corrected chi connectivity index (χ2v) is 3.99. The monoisotopic (exact) mass is 251 g/mol. The van der Waals surface area contributed by atoms with E-state index < -0.39 is 0 Å². The minimum absolute atomic E-state index is 0.846. The Labute approximate surface area is 91.0 Å². The number of methoxy groups -OCH3 is 1. The van der Waals surface area contributed by atoms with E-state index in [1.165, 1.54) is 5.39 Å². The third-order valence-electron chi connectivity index (χ3n) is 2.25. The number of nitrogens with zero attached hydrogens (tertiary/aromatic N) is 1. The van der Waals surface area contributed by atoms with Crippen molar-refractivity contribution in [3.8, 4) is 5.75 Å². The smallest absolute Gasteiger partial charge is 0.142 e. The highest BCUT2D eigenvalue weighted by Gasteiger charge is 2.07. The highest BCUT2D eigenvalue weighted by Crippen LogP contribution is 2.33. The largest absolute Gasteiger partial charge is 0.495 e. The van der Waals surface area contributed by atoms with Crippen molar-refractivity contribution in [2.75, 3.05) is 7.11 Å². The number of benzene rings is 1. The van der Waals surface area contributed by atoms with Gasteiger partial charge in [-0.3, -0.25) is 4.98 Å². The molecule has 1 aromatic heterocycles. The molecule has 3 heteroatoms. The SMILES string of the molecule is COc1c(Br)ccc2c(C)cncc12. The Morgan fingerprint density at radius 3 is 2.71 bits per heavy atom. The van der Waals surface area contributed by atoms with Gasteiger partial charge in [-0.2, -0.15) is 0 Å². The van der Waals surface area contributed by atoms with E-state index in [0.717, 1.165) is 21.2 Å². The van der Waals surface area contributed by atoms with Crippen LogP contribution in [0.3, 0.4) is 0 Å². The standard InChI is InChI=1S/C11H10BrNO/c1-7-5-13-6-9-8(7)3-4-10(12)11(9)14-2/h3-6H,1-2H3. The number of pyridine rings is 1. The third-order valence-corrected chi connectivity index (χ3v) is 2.87. The van der Waals surface area contributed by atoms with Gasteiger partial charge in [0.25, 0.3) is 0 Å². The van der Waals surface area contributed by atoms with E-state index in [2.05, 4.69) is 27.0 Å². The van der Waals surface area contributed by atoms with Gasteiger partial charge in [0.1, 0.15) is 5.75 Å². The lowest BCUT2D eigenvalue weighted by atomic mass is 10.1. The Hall–Kier alpha value is -1.09. The summed E-state index contributed by atoms with van der Waals surface area (Å²) in [6, 6.07) is 4.06. The molecule has 0 unspecified atom stereocenters. The van der Waals surface area contributed by atoms with Gasteiger partial charge in [-0.25, -0.2) is 0 Å². The molecule has 0 radical (unpaired) electrons. The molecule has 0 bridgehead atoms. The summed E-state index contributed by atoms with van der Waals surface area (Å²) in [5.74, 6) is 0.846. The van der Waals surface area contributed by atoms with E-state index >= 15 is 0 Å². The topological polar surface area (TPSA) is 22.1 Å². The van der Waals surface area contributed by atoms with Crippen molar-refractivity contribution in [1.29, 1.82) is 0 Å². The first-order chi connectivity index (χ1) is 6.74. The number of fused-ring (bicyclic) bond motifs is 1. The van der Waals surface area contributed by atoms with E-state index in [1.807, 2.05) is 25.4 Å². The number of rotatable bonds is 1. The van der Waals surface area contributed by atoms with Gasteiger partial charge >= 0.3 is 0 Å². The van der Waals surface area contributed by atoms with Crippen LogP contribution in [0.1, 0.15) is 5.56 Å². The van der Waals surface area contributed by atoms with Crippen molar-refractivity contribution >= 4 is 26.7 Å². The number of ether oxygens (including phenoxy) is 1. The molecule has 0 N–H and O–H groups in total. The van der Waals surface area contributed by atoms with Crippen LogP contribution in [0, 0.1) is 6.92 Å². The average molecular weight is 252 g/mol. The van der Waals surface area contributed by atoms with Gasteiger partial charge in [-0.15, -0.1) is 0 Å². The van der Waals surface area contributed by atoms with Gasteiger partial charge < -0.3 is 4.74 Å². The summed E-state index contributed by atoms with van der Waals surface area (Å²) >= 11 is 3.45. The van der Waals surface area contributed by atoms with E-state index in [4.69, 9.17) is 4.74 Å². The number of aryl methyl sites for hydroxylation is 1. The molecule has 0 spiro atoms. The molecule has 0 fully saturated rings. The summed E-state index contributed by atoms with van der Waals surface area (Å²) in [6.45, 7) is 2.04. The molecule has 1 heterocycles. The number of halogens is 1. The van der Waals surface area contributed by atoms with Crippen LogP contribution in [0.5, 0.6) is 5.75 Å². The highest BCUT2D eigenvalue weighted by atomic mass is 79.9. The molecule has 2 rings (SSSR count). The maximum absolute atomic E-state index is 5.33. The maximum Gasteiger partial charge on any atom is 0.142 e. The molecule has 0 atom stereocenters. The van der Waals surface area contributed by atoms with Gasteiger partial charge in [0, 0.05) is 17.8 Å². The second-order valence-electron chi connectivity index (χ2n) is 3.13. The predicted octanol–water partition coefficient (Wildman–Crippen LogP) is 3.31. The average Bonchev–Trinajstić information content (AvgIpc) is 2.18. The van der Waals surface area contributed by atoms with Crippen LogP contribution in [0.4, 0.5) is 0 Å².